The van der Waals surface area contributed by atoms with Gasteiger partial charge in [-0.3, -0.25) is 9.59 Å². The van der Waals surface area contributed by atoms with Crippen LogP contribution in [0.4, 0.5) is 5.69 Å². The summed E-state index contributed by atoms with van der Waals surface area (Å²) in [6, 6.07) is 18.4. The molecule has 4 aromatic heterocycles. The fourth-order valence-electron chi connectivity index (χ4n) is 3.67. The monoisotopic (exact) mass is 466 g/mol. The molecule has 10 nitrogen and oxygen atoms in total. The second kappa shape index (κ2) is 9.18. The highest BCUT2D eigenvalue weighted by Crippen LogP contribution is 2.24. The molecule has 2 N–H and O–H groups in total. The van der Waals surface area contributed by atoms with E-state index in [2.05, 4.69) is 30.8 Å². The molecule has 0 aliphatic rings. The third-order valence-corrected chi connectivity index (χ3v) is 5.33. The van der Waals surface area contributed by atoms with Crippen molar-refractivity contribution in [2.75, 3.05) is 5.32 Å². The Hall–Kier alpha value is -4.86. The topological polar surface area (TPSA) is 119 Å². The van der Waals surface area contributed by atoms with Crippen LogP contribution in [-0.2, 0) is 11.3 Å². The average molecular weight is 467 g/mol. The Morgan fingerprint density at radius 3 is 2.63 bits per heavy atom. The molecule has 5 aromatic rings. The van der Waals surface area contributed by atoms with Gasteiger partial charge in [-0.2, -0.15) is 10.2 Å². The first kappa shape index (κ1) is 22.0. The Balaban J connectivity index is 1.43. The summed E-state index contributed by atoms with van der Waals surface area (Å²) in [5.41, 5.74) is 4.92. The van der Waals surface area contributed by atoms with Gasteiger partial charge in [0.25, 0.3) is 5.91 Å². The first-order valence-electron chi connectivity index (χ1n) is 10.9. The average Bonchev–Trinajstić information content (AvgIpc) is 3.50. The molecule has 0 atom stereocenters. The zero-order valence-corrected chi connectivity index (χ0v) is 19.1. The quantitative estimate of drug-likeness (QED) is 0.397. The molecule has 4 heterocycles. The minimum Gasteiger partial charge on any atom is -0.347 e. The predicted molar refractivity (Wildman–Crippen MR) is 130 cm³/mol. The SMILES string of the molecule is CC(=O)Nc1ccc(CNC(=O)c2cc(-c3ccc4ncnn4c3)n(-c3cccc(C)n3)n2)cc1. The fraction of sp³-hybridized carbons (Fsp3) is 0.120. The lowest BCUT2D eigenvalue weighted by atomic mass is 10.2. The molecule has 0 spiro atoms. The maximum atomic E-state index is 13.0. The lowest BCUT2D eigenvalue weighted by Crippen LogP contribution is -2.23. The number of hydrogen-bond acceptors (Lipinski definition) is 6. The van der Waals surface area contributed by atoms with E-state index in [0.717, 1.165) is 22.5 Å². The van der Waals surface area contributed by atoms with Crippen LogP contribution < -0.4 is 10.6 Å². The van der Waals surface area contributed by atoms with Gasteiger partial charge >= 0.3 is 0 Å². The molecule has 35 heavy (non-hydrogen) atoms. The molecule has 10 heteroatoms. The summed E-state index contributed by atoms with van der Waals surface area (Å²) >= 11 is 0. The second-order valence-electron chi connectivity index (χ2n) is 8.01. The molecule has 2 amide bonds. The molecule has 174 valence electrons. The van der Waals surface area contributed by atoms with Gasteiger partial charge in [-0.05, 0) is 55.0 Å². The van der Waals surface area contributed by atoms with Gasteiger partial charge in [0.05, 0.1) is 5.69 Å². The number of aromatic nitrogens is 6. The van der Waals surface area contributed by atoms with Crippen molar-refractivity contribution in [2.24, 2.45) is 0 Å². The Morgan fingerprint density at radius 2 is 1.86 bits per heavy atom. The molecule has 5 rings (SSSR count). The number of pyridine rings is 2. The number of nitrogens with one attached hydrogen (secondary N) is 2. The van der Waals surface area contributed by atoms with Gasteiger partial charge in [0.1, 0.15) is 6.33 Å². The number of carbonyl (C=O) groups is 2. The molecular weight excluding hydrogens is 444 g/mol. The third kappa shape index (κ3) is 4.76. The zero-order valence-electron chi connectivity index (χ0n) is 19.1. The van der Waals surface area contributed by atoms with Gasteiger partial charge in [-0.15, -0.1) is 0 Å². The van der Waals surface area contributed by atoms with Gasteiger partial charge in [-0.1, -0.05) is 18.2 Å². The van der Waals surface area contributed by atoms with Gasteiger partial charge in [0.2, 0.25) is 5.91 Å². The summed E-state index contributed by atoms with van der Waals surface area (Å²) in [5.74, 6) is 0.153. The van der Waals surface area contributed by atoms with Crippen molar-refractivity contribution in [1.82, 2.24) is 34.7 Å². The van der Waals surface area contributed by atoms with E-state index in [1.165, 1.54) is 13.3 Å². The number of aryl methyl sites for hydroxylation is 1. The molecule has 0 saturated carbocycles. The highest BCUT2D eigenvalue weighted by molar-refractivity contribution is 5.93. The maximum Gasteiger partial charge on any atom is 0.272 e. The van der Waals surface area contributed by atoms with Gasteiger partial charge in [-0.25, -0.2) is 19.2 Å². The van der Waals surface area contributed by atoms with Crippen LogP contribution in [-0.4, -0.2) is 41.2 Å². The van der Waals surface area contributed by atoms with Crippen LogP contribution in [0, 0.1) is 6.92 Å². The fourth-order valence-corrected chi connectivity index (χ4v) is 3.67. The number of fused-ring (bicyclic) bond motifs is 1. The third-order valence-electron chi connectivity index (χ3n) is 5.33. The van der Waals surface area contributed by atoms with Crippen molar-refractivity contribution in [3.05, 3.63) is 90.1 Å². The predicted octanol–water partition coefficient (Wildman–Crippen LogP) is 3.17. The van der Waals surface area contributed by atoms with Crippen molar-refractivity contribution in [3.63, 3.8) is 0 Å². The van der Waals surface area contributed by atoms with Crippen molar-refractivity contribution in [2.45, 2.75) is 20.4 Å². The Labute approximate surface area is 200 Å². The Kier molecular flexibility index (Phi) is 5.76. The molecular formula is C25H22N8O2. The summed E-state index contributed by atoms with van der Waals surface area (Å²) in [4.78, 5) is 33.0. The highest BCUT2D eigenvalue weighted by Gasteiger charge is 2.18. The lowest BCUT2D eigenvalue weighted by Gasteiger charge is -2.07. The van der Waals surface area contributed by atoms with Crippen molar-refractivity contribution in [3.8, 4) is 17.1 Å². The van der Waals surface area contributed by atoms with Crippen LogP contribution in [0.25, 0.3) is 22.7 Å². The van der Waals surface area contributed by atoms with Gasteiger partial charge < -0.3 is 10.6 Å². The number of rotatable bonds is 6. The smallest absolute Gasteiger partial charge is 0.272 e. The molecule has 0 radical (unpaired) electrons. The van der Waals surface area contributed by atoms with E-state index in [-0.39, 0.29) is 17.5 Å². The van der Waals surface area contributed by atoms with Crippen LogP contribution in [0.1, 0.15) is 28.7 Å². The highest BCUT2D eigenvalue weighted by atomic mass is 16.2. The van der Waals surface area contributed by atoms with Crippen molar-refractivity contribution >= 4 is 23.1 Å². The minimum atomic E-state index is -0.314. The molecule has 1 aromatic carbocycles. The van der Waals surface area contributed by atoms with Crippen LogP contribution in [0.5, 0.6) is 0 Å². The maximum absolute atomic E-state index is 13.0. The van der Waals surface area contributed by atoms with Gasteiger partial charge in [0, 0.05) is 36.6 Å². The van der Waals surface area contributed by atoms with Crippen LogP contribution in [0.2, 0.25) is 0 Å². The standard InChI is InChI=1S/C25H22N8O2/c1-16-4-3-5-24(29-16)33-22(19-8-11-23-27-15-28-32(23)14-19)12-21(31-33)25(35)26-13-18-6-9-20(10-7-18)30-17(2)34/h3-12,14-15H,13H2,1-2H3,(H,26,35)(H,30,34). The Morgan fingerprint density at radius 1 is 1.03 bits per heavy atom. The normalized spacial score (nSPS) is 10.9. The number of anilines is 1. The molecule has 0 fully saturated rings. The first-order valence-corrected chi connectivity index (χ1v) is 10.9. The number of carbonyl (C=O) groups excluding carboxylic acids is 2. The second-order valence-corrected chi connectivity index (χ2v) is 8.01. The van der Waals surface area contributed by atoms with Crippen LogP contribution in [0.15, 0.2) is 73.2 Å². The van der Waals surface area contributed by atoms with E-state index in [1.807, 2.05) is 55.6 Å². The summed E-state index contributed by atoms with van der Waals surface area (Å²) < 4.78 is 3.32. The molecule has 0 aliphatic heterocycles. The van der Waals surface area contributed by atoms with Crippen molar-refractivity contribution in [1.29, 1.82) is 0 Å². The van der Waals surface area contributed by atoms with E-state index >= 15 is 0 Å². The van der Waals surface area contributed by atoms with Crippen LogP contribution >= 0.6 is 0 Å². The zero-order chi connectivity index (χ0) is 24.4. The summed E-state index contributed by atoms with van der Waals surface area (Å²) in [7, 11) is 0. The summed E-state index contributed by atoms with van der Waals surface area (Å²) in [6.07, 6.45) is 3.32. The molecule has 0 bridgehead atoms. The van der Waals surface area contributed by atoms with E-state index in [9.17, 15) is 9.59 Å². The number of hydrogen-bond donors (Lipinski definition) is 2. The van der Waals surface area contributed by atoms with Gasteiger partial charge in [0.15, 0.2) is 17.2 Å². The molecule has 0 unspecified atom stereocenters. The van der Waals surface area contributed by atoms with E-state index < -0.39 is 0 Å². The Bertz CT molecular complexity index is 1530. The summed E-state index contributed by atoms with van der Waals surface area (Å²) in [6.45, 7) is 3.67. The van der Waals surface area contributed by atoms with Crippen molar-refractivity contribution < 1.29 is 9.59 Å². The molecule has 0 saturated heterocycles. The number of benzene rings is 1. The largest absolute Gasteiger partial charge is 0.347 e. The van der Waals surface area contributed by atoms with E-state index in [4.69, 9.17) is 0 Å². The summed E-state index contributed by atoms with van der Waals surface area (Å²) in [5, 5.41) is 14.4. The first-order chi connectivity index (χ1) is 17.0. The van der Waals surface area contributed by atoms with Crippen LogP contribution in [0.3, 0.4) is 0 Å². The van der Waals surface area contributed by atoms with E-state index in [0.29, 0.717) is 23.7 Å². The number of nitrogens with zero attached hydrogens (tertiary/aromatic N) is 6. The minimum absolute atomic E-state index is 0.136. The molecule has 0 aliphatic carbocycles. The lowest BCUT2D eigenvalue weighted by molar-refractivity contribution is -0.114. The number of amides is 2. The van der Waals surface area contributed by atoms with E-state index in [1.54, 1.807) is 27.4 Å².